The van der Waals surface area contributed by atoms with Crippen LogP contribution < -0.4 is 0 Å². The highest BCUT2D eigenvalue weighted by Gasteiger charge is 2.47. The molecule has 2 aliphatic rings. The molecule has 0 aliphatic heterocycles. The monoisotopic (exact) mass is 566 g/mol. The number of hydrogen-bond acceptors (Lipinski definition) is 0. The van der Waals surface area contributed by atoms with E-state index < -0.39 is 0 Å². The molecule has 2 unspecified atom stereocenters. The fourth-order valence-corrected chi connectivity index (χ4v) is 8.82. The average molecular weight is 567 g/mol. The summed E-state index contributed by atoms with van der Waals surface area (Å²) in [6, 6.07) is 45.0. The van der Waals surface area contributed by atoms with E-state index in [2.05, 4.69) is 161 Å². The maximum absolute atomic E-state index is 2.55. The first-order valence-electron chi connectivity index (χ1n) is 16.1. The van der Waals surface area contributed by atoms with Gasteiger partial charge in [0, 0.05) is 11.8 Å². The fraction of sp³-hybridized carbons (Fsp3) is 0.182. The summed E-state index contributed by atoms with van der Waals surface area (Å²) in [5, 5.41) is 5.23. The molecule has 0 fully saturated rings. The van der Waals surface area contributed by atoms with Gasteiger partial charge in [-0.2, -0.15) is 0 Å². The quantitative estimate of drug-likeness (QED) is 0.195. The SMILES string of the molecule is CCC(C)(C1C(C)=Cc2c(-c3cccc4ccccc34)cccc21)C1C(C)=Cc2c(-c3cccc4ccccc34)cccc21. The molecular formula is C44H38. The third-order valence-corrected chi connectivity index (χ3v) is 10.8. The molecule has 44 heavy (non-hydrogen) atoms. The van der Waals surface area contributed by atoms with E-state index in [1.165, 1.54) is 77.2 Å². The first-order chi connectivity index (χ1) is 21.5. The van der Waals surface area contributed by atoms with Gasteiger partial charge in [0.15, 0.2) is 0 Å². The second-order valence-electron chi connectivity index (χ2n) is 13.2. The first kappa shape index (κ1) is 26.9. The van der Waals surface area contributed by atoms with Crippen molar-refractivity contribution in [3.05, 3.63) is 155 Å². The maximum atomic E-state index is 2.55. The van der Waals surface area contributed by atoms with E-state index >= 15 is 0 Å². The summed E-state index contributed by atoms with van der Waals surface area (Å²) < 4.78 is 0. The molecule has 0 N–H and O–H groups in total. The summed E-state index contributed by atoms with van der Waals surface area (Å²) in [6.07, 6.45) is 6.08. The van der Waals surface area contributed by atoms with Crippen molar-refractivity contribution in [2.45, 2.75) is 46.0 Å². The van der Waals surface area contributed by atoms with Gasteiger partial charge in [-0.3, -0.25) is 0 Å². The molecule has 0 amide bonds. The zero-order chi connectivity index (χ0) is 30.0. The molecule has 0 radical (unpaired) electrons. The molecule has 8 rings (SSSR count). The predicted octanol–water partition coefficient (Wildman–Crippen LogP) is 12.4. The Labute approximate surface area is 261 Å². The third kappa shape index (κ3) is 3.90. The lowest BCUT2D eigenvalue weighted by Gasteiger charge is -2.43. The molecule has 6 aromatic carbocycles. The molecule has 0 heteroatoms. The summed E-state index contributed by atoms with van der Waals surface area (Å²) in [6.45, 7) is 9.69. The molecule has 0 saturated heterocycles. The van der Waals surface area contributed by atoms with Crippen LogP contribution in [0.25, 0.3) is 56.0 Å². The van der Waals surface area contributed by atoms with Gasteiger partial charge in [0.1, 0.15) is 0 Å². The number of allylic oxidation sites excluding steroid dienone is 2. The Morgan fingerprint density at radius 1 is 0.477 bits per heavy atom. The van der Waals surface area contributed by atoms with Crippen LogP contribution in [0.15, 0.2) is 132 Å². The van der Waals surface area contributed by atoms with Crippen molar-refractivity contribution in [2.75, 3.05) is 0 Å². The van der Waals surface area contributed by atoms with Crippen molar-refractivity contribution in [3.63, 3.8) is 0 Å². The minimum Gasteiger partial charge on any atom is -0.0648 e. The van der Waals surface area contributed by atoms with Gasteiger partial charge >= 0.3 is 0 Å². The Bertz CT molecular complexity index is 1990. The fourth-order valence-electron chi connectivity index (χ4n) is 8.82. The van der Waals surface area contributed by atoms with Crippen LogP contribution in [-0.2, 0) is 0 Å². The summed E-state index contributed by atoms with van der Waals surface area (Å²) in [7, 11) is 0. The Morgan fingerprint density at radius 3 is 1.32 bits per heavy atom. The molecule has 0 spiro atoms. The molecule has 0 saturated carbocycles. The zero-order valence-electron chi connectivity index (χ0n) is 26.1. The third-order valence-electron chi connectivity index (χ3n) is 10.8. The van der Waals surface area contributed by atoms with Crippen LogP contribution in [0.3, 0.4) is 0 Å². The van der Waals surface area contributed by atoms with Gasteiger partial charge in [0.2, 0.25) is 0 Å². The summed E-state index contributed by atoms with van der Waals surface area (Å²) >= 11 is 0. The van der Waals surface area contributed by atoms with Crippen molar-refractivity contribution >= 4 is 33.7 Å². The lowest BCUT2D eigenvalue weighted by Crippen LogP contribution is -2.32. The number of fused-ring (bicyclic) bond motifs is 4. The Hall–Kier alpha value is -4.68. The van der Waals surface area contributed by atoms with Gasteiger partial charge in [-0.1, -0.05) is 158 Å². The molecule has 214 valence electrons. The smallest absolute Gasteiger partial charge is 0.0118 e. The van der Waals surface area contributed by atoms with Gasteiger partial charge in [0.05, 0.1) is 0 Å². The van der Waals surface area contributed by atoms with Crippen LogP contribution >= 0.6 is 0 Å². The lowest BCUT2D eigenvalue weighted by molar-refractivity contribution is 0.231. The highest BCUT2D eigenvalue weighted by atomic mass is 14.5. The van der Waals surface area contributed by atoms with Gasteiger partial charge in [-0.05, 0) is 91.7 Å². The van der Waals surface area contributed by atoms with Crippen molar-refractivity contribution in [1.29, 1.82) is 0 Å². The summed E-state index contributed by atoms with van der Waals surface area (Å²) in [5.41, 5.74) is 14.1. The standard InChI is InChI=1S/C44H38/c1-5-44(4,42-28(2)26-40-36(22-12-24-38(40)42)34-20-10-16-30-14-6-8-18-32(30)34)43-29(3)27-41-37(23-13-25-39(41)43)35-21-11-17-31-15-7-9-19-33(31)35/h6-27,42-43H,5H2,1-4H3. The van der Waals surface area contributed by atoms with E-state index in [1.807, 2.05) is 0 Å². The molecular weight excluding hydrogens is 528 g/mol. The minimum atomic E-state index is 0.0203. The van der Waals surface area contributed by atoms with Crippen molar-refractivity contribution in [1.82, 2.24) is 0 Å². The van der Waals surface area contributed by atoms with Crippen molar-refractivity contribution < 1.29 is 0 Å². The van der Waals surface area contributed by atoms with Gasteiger partial charge in [-0.25, -0.2) is 0 Å². The van der Waals surface area contributed by atoms with E-state index in [-0.39, 0.29) is 5.41 Å². The maximum Gasteiger partial charge on any atom is 0.0118 e. The second kappa shape index (κ2) is 10.2. The van der Waals surface area contributed by atoms with E-state index in [4.69, 9.17) is 0 Å². The predicted molar refractivity (Wildman–Crippen MR) is 190 cm³/mol. The largest absolute Gasteiger partial charge is 0.0648 e. The van der Waals surface area contributed by atoms with Crippen LogP contribution in [0.4, 0.5) is 0 Å². The molecule has 2 aliphatic carbocycles. The topological polar surface area (TPSA) is 0 Å². The summed E-state index contributed by atoms with van der Waals surface area (Å²) in [4.78, 5) is 0. The Kier molecular flexibility index (Phi) is 6.24. The van der Waals surface area contributed by atoms with Gasteiger partial charge < -0.3 is 0 Å². The average Bonchev–Trinajstić information content (AvgIpc) is 3.60. The van der Waals surface area contributed by atoms with Gasteiger partial charge in [0.25, 0.3) is 0 Å². The number of hydrogen-bond donors (Lipinski definition) is 0. The van der Waals surface area contributed by atoms with E-state index in [9.17, 15) is 0 Å². The van der Waals surface area contributed by atoms with Crippen LogP contribution in [0.5, 0.6) is 0 Å². The molecule has 0 heterocycles. The van der Waals surface area contributed by atoms with Crippen LogP contribution in [0.1, 0.15) is 68.2 Å². The van der Waals surface area contributed by atoms with E-state index in [1.54, 1.807) is 0 Å². The normalized spacial score (nSPS) is 18.5. The Balaban J connectivity index is 1.27. The highest BCUT2D eigenvalue weighted by molar-refractivity contribution is 6.00. The van der Waals surface area contributed by atoms with Gasteiger partial charge in [-0.15, -0.1) is 0 Å². The molecule has 2 atom stereocenters. The van der Waals surface area contributed by atoms with Crippen molar-refractivity contribution in [3.8, 4) is 22.3 Å². The molecule has 0 bridgehead atoms. The first-order valence-corrected chi connectivity index (χ1v) is 16.1. The van der Waals surface area contributed by atoms with Crippen LogP contribution in [0, 0.1) is 5.41 Å². The molecule has 0 aromatic heterocycles. The van der Waals surface area contributed by atoms with E-state index in [0.29, 0.717) is 11.8 Å². The summed E-state index contributed by atoms with van der Waals surface area (Å²) in [5.74, 6) is 0.691. The van der Waals surface area contributed by atoms with Crippen LogP contribution in [-0.4, -0.2) is 0 Å². The molecule has 6 aromatic rings. The number of benzene rings is 6. The van der Waals surface area contributed by atoms with E-state index in [0.717, 1.165) is 6.42 Å². The highest BCUT2D eigenvalue weighted by Crippen LogP contribution is 2.61. The second-order valence-corrected chi connectivity index (χ2v) is 13.2. The zero-order valence-corrected chi connectivity index (χ0v) is 26.1. The van der Waals surface area contributed by atoms with Crippen LogP contribution in [0.2, 0.25) is 0 Å². The van der Waals surface area contributed by atoms with Crippen molar-refractivity contribution in [2.24, 2.45) is 5.41 Å². The number of rotatable bonds is 5. The molecule has 0 nitrogen and oxygen atoms in total. The lowest BCUT2D eigenvalue weighted by atomic mass is 9.60. The Morgan fingerprint density at radius 2 is 0.864 bits per heavy atom. The minimum absolute atomic E-state index is 0.0203.